The van der Waals surface area contributed by atoms with Crippen molar-refractivity contribution >= 4 is 23.6 Å². The van der Waals surface area contributed by atoms with Crippen LogP contribution in [0.5, 0.6) is 0 Å². The Balaban J connectivity index is 1.93. The fourth-order valence-corrected chi connectivity index (χ4v) is 2.44. The van der Waals surface area contributed by atoms with Crippen LogP contribution in [0, 0.1) is 0 Å². The number of nitrogens with zero attached hydrogens (tertiary/aromatic N) is 3. The van der Waals surface area contributed by atoms with Gasteiger partial charge < -0.3 is 14.6 Å². The normalized spacial score (nSPS) is 10.3. The largest absolute Gasteiger partial charge is 0.468 e. The molecule has 1 N–H and O–H groups in total. The van der Waals surface area contributed by atoms with Gasteiger partial charge in [-0.25, -0.2) is 0 Å². The number of carbonyl (C=O) groups excluding carboxylic acids is 2. The van der Waals surface area contributed by atoms with Crippen LogP contribution in [0.4, 0.5) is 0 Å². The smallest absolute Gasteiger partial charge is 0.325 e. The van der Waals surface area contributed by atoms with Crippen molar-refractivity contribution < 1.29 is 14.3 Å². The molecule has 0 aliphatic rings. The van der Waals surface area contributed by atoms with E-state index in [4.69, 9.17) is 0 Å². The second-order valence-corrected chi connectivity index (χ2v) is 5.32. The molecule has 0 saturated carbocycles. The second kappa shape index (κ2) is 7.60. The van der Waals surface area contributed by atoms with Crippen molar-refractivity contribution in [2.75, 3.05) is 19.4 Å². The summed E-state index contributed by atoms with van der Waals surface area (Å²) in [4.78, 5) is 22.6. The summed E-state index contributed by atoms with van der Waals surface area (Å²) in [5.74, 6) is 0.138. The first kappa shape index (κ1) is 16.0. The lowest BCUT2D eigenvalue weighted by Crippen LogP contribution is -2.31. The van der Waals surface area contributed by atoms with Crippen molar-refractivity contribution in [1.82, 2.24) is 20.1 Å². The Morgan fingerprint density at radius 2 is 2.00 bits per heavy atom. The Morgan fingerprint density at radius 3 is 2.68 bits per heavy atom. The lowest BCUT2D eigenvalue weighted by molar-refractivity contribution is -0.140. The Hall–Kier alpha value is -2.35. The second-order valence-electron chi connectivity index (χ2n) is 4.37. The summed E-state index contributed by atoms with van der Waals surface area (Å²) in [5.41, 5.74) is 0.958. The number of nitrogens with one attached hydrogen (secondary N) is 1. The van der Waals surface area contributed by atoms with E-state index in [9.17, 15) is 9.59 Å². The molecule has 22 heavy (non-hydrogen) atoms. The molecule has 2 rings (SSSR count). The fourth-order valence-electron chi connectivity index (χ4n) is 1.70. The van der Waals surface area contributed by atoms with E-state index in [-0.39, 0.29) is 18.2 Å². The number of hydrogen-bond donors (Lipinski definition) is 1. The van der Waals surface area contributed by atoms with Crippen molar-refractivity contribution in [3.63, 3.8) is 0 Å². The van der Waals surface area contributed by atoms with Crippen LogP contribution < -0.4 is 5.32 Å². The molecule has 1 amide bonds. The molecule has 0 radical (unpaired) electrons. The predicted octanol–water partition coefficient (Wildman–Crippen LogP) is 0.863. The number of ether oxygens (including phenoxy) is 1. The third-order valence-corrected chi connectivity index (χ3v) is 3.88. The van der Waals surface area contributed by atoms with E-state index < -0.39 is 5.97 Å². The first-order valence-electron chi connectivity index (χ1n) is 6.53. The van der Waals surface area contributed by atoms with Gasteiger partial charge >= 0.3 is 5.97 Å². The van der Waals surface area contributed by atoms with E-state index in [0.29, 0.717) is 5.16 Å². The number of rotatable bonds is 6. The average Bonchev–Trinajstić information content (AvgIpc) is 2.92. The molecule has 0 fully saturated rings. The summed E-state index contributed by atoms with van der Waals surface area (Å²) in [6, 6.07) is 9.68. The van der Waals surface area contributed by atoms with Crippen molar-refractivity contribution in [2.24, 2.45) is 7.05 Å². The molecular weight excluding hydrogens is 304 g/mol. The van der Waals surface area contributed by atoms with Crippen molar-refractivity contribution in [3.05, 3.63) is 30.3 Å². The fraction of sp³-hybridized carbons (Fsp3) is 0.286. The highest BCUT2D eigenvalue weighted by molar-refractivity contribution is 7.99. The summed E-state index contributed by atoms with van der Waals surface area (Å²) in [5, 5.41) is 11.3. The van der Waals surface area contributed by atoms with Gasteiger partial charge in [-0.05, 0) is 0 Å². The first-order chi connectivity index (χ1) is 10.6. The molecule has 0 saturated heterocycles. The Labute approximate surface area is 132 Å². The number of benzene rings is 1. The molecule has 1 aromatic heterocycles. The summed E-state index contributed by atoms with van der Waals surface area (Å²) < 4.78 is 6.27. The van der Waals surface area contributed by atoms with Gasteiger partial charge in [0.2, 0.25) is 5.91 Å². The standard InChI is InChI=1S/C14H16N4O3S/c1-18-13(10-6-4-3-5-7-10)16-17-14(18)22-9-11(19)15-8-12(20)21-2/h3-7H,8-9H2,1-2H3,(H,15,19). The predicted molar refractivity (Wildman–Crippen MR) is 82.2 cm³/mol. The number of methoxy groups -OCH3 is 1. The van der Waals surface area contributed by atoms with Gasteiger partial charge in [-0.1, -0.05) is 42.1 Å². The molecule has 8 heteroatoms. The highest BCUT2D eigenvalue weighted by atomic mass is 32.2. The van der Waals surface area contributed by atoms with Crippen LogP contribution in [-0.2, 0) is 21.4 Å². The molecule has 0 aliphatic carbocycles. The molecule has 0 bridgehead atoms. The maximum absolute atomic E-state index is 11.6. The Kier molecular flexibility index (Phi) is 5.54. The highest BCUT2D eigenvalue weighted by Gasteiger charge is 2.13. The van der Waals surface area contributed by atoms with Crippen molar-refractivity contribution in [1.29, 1.82) is 0 Å². The molecule has 7 nitrogen and oxygen atoms in total. The minimum absolute atomic E-state index is 0.135. The van der Waals surface area contributed by atoms with Gasteiger partial charge in [-0.15, -0.1) is 10.2 Å². The third-order valence-electron chi connectivity index (χ3n) is 2.86. The van der Waals surface area contributed by atoms with Gasteiger partial charge in [0.15, 0.2) is 11.0 Å². The minimum Gasteiger partial charge on any atom is -0.468 e. The van der Waals surface area contributed by atoms with E-state index in [0.717, 1.165) is 11.4 Å². The van der Waals surface area contributed by atoms with Crippen LogP contribution in [-0.4, -0.2) is 46.0 Å². The quantitative estimate of drug-likeness (QED) is 0.628. The maximum atomic E-state index is 11.6. The van der Waals surface area contributed by atoms with Crippen LogP contribution in [0.2, 0.25) is 0 Å². The summed E-state index contributed by atoms with van der Waals surface area (Å²) in [6.07, 6.45) is 0. The van der Waals surface area contributed by atoms with Gasteiger partial charge in [-0.2, -0.15) is 0 Å². The van der Waals surface area contributed by atoms with Crippen molar-refractivity contribution in [2.45, 2.75) is 5.16 Å². The molecule has 1 aromatic carbocycles. The monoisotopic (exact) mass is 320 g/mol. The minimum atomic E-state index is -0.483. The zero-order valence-electron chi connectivity index (χ0n) is 12.3. The summed E-state index contributed by atoms with van der Waals surface area (Å²) in [6.45, 7) is -0.135. The molecule has 0 atom stereocenters. The molecule has 2 aromatic rings. The molecule has 1 heterocycles. The molecule has 0 unspecified atom stereocenters. The SMILES string of the molecule is COC(=O)CNC(=O)CSc1nnc(-c2ccccc2)n1C. The number of hydrogen-bond acceptors (Lipinski definition) is 6. The van der Waals surface area contributed by atoms with Crippen LogP contribution in [0.25, 0.3) is 11.4 Å². The summed E-state index contributed by atoms with van der Waals surface area (Å²) >= 11 is 1.26. The van der Waals surface area contributed by atoms with Gasteiger partial charge in [0, 0.05) is 12.6 Å². The third kappa shape index (κ3) is 4.08. The molecule has 0 spiro atoms. The van der Waals surface area contributed by atoms with Gasteiger partial charge in [0.25, 0.3) is 0 Å². The molecule has 116 valence electrons. The molecule has 0 aliphatic heterocycles. The average molecular weight is 320 g/mol. The van der Waals surface area contributed by atoms with Crippen LogP contribution in [0.15, 0.2) is 35.5 Å². The first-order valence-corrected chi connectivity index (χ1v) is 7.51. The van der Waals surface area contributed by atoms with Crippen molar-refractivity contribution in [3.8, 4) is 11.4 Å². The van der Waals surface area contributed by atoms with Crippen LogP contribution >= 0.6 is 11.8 Å². The zero-order valence-corrected chi connectivity index (χ0v) is 13.1. The van der Waals surface area contributed by atoms with E-state index in [1.165, 1.54) is 18.9 Å². The zero-order chi connectivity index (χ0) is 15.9. The lowest BCUT2D eigenvalue weighted by atomic mass is 10.2. The van der Waals surface area contributed by atoms with Gasteiger partial charge in [0.1, 0.15) is 6.54 Å². The van der Waals surface area contributed by atoms with Gasteiger partial charge in [0.05, 0.1) is 12.9 Å². The number of aromatic nitrogens is 3. The van der Waals surface area contributed by atoms with Crippen LogP contribution in [0.1, 0.15) is 0 Å². The number of amides is 1. The maximum Gasteiger partial charge on any atom is 0.325 e. The van der Waals surface area contributed by atoms with E-state index in [2.05, 4.69) is 20.3 Å². The molecular formula is C14H16N4O3S. The Morgan fingerprint density at radius 1 is 1.27 bits per heavy atom. The van der Waals surface area contributed by atoms with E-state index in [1.807, 2.05) is 41.9 Å². The van der Waals surface area contributed by atoms with Gasteiger partial charge in [-0.3, -0.25) is 9.59 Å². The highest BCUT2D eigenvalue weighted by Crippen LogP contribution is 2.21. The number of esters is 1. The van der Waals surface area contributed by atoms with E-state index in [1.54, 1.807) is 0 Å². The van der Waals surface area contributed by atoms with Crippen LogP contribution in [0.3, 0.4) is 0 Å². The summed E-state index contributed by atoms with van der Waals surface area (Å²) in [7, 11) is 3.12. The van der Waals surface area contributed by atoms with E-state index >= 15 is 0 Å². The Bertz CT molecular complexity index is 657. The lowest BCUT2D eigenvalue weighted by Gasteiger charge is -2.04. The topological polar surface area (TPSA) is 86.1 Å². The number of thioether (sulfide) groups is 1. The number of carbonyl (C=O) groups is 2.